The van der Waals surface area contributed by atoms with Gasteiger partial charge in [0.1, 0.15) is 0 Å². The minimum absolute atomic E-state index is 0.0726. The first-order chi connectivity index (χ1) is 14.1. The van der Waals surface area contributed by atoms with Gasteiger partial charge in [-0.1, -0.05) is 66.2 Å². The molecule has 3 aromatic rings. The molecule has 1 N–H and O–H groups in total. The molecule has 0 aromatic heterocycles. The van der Waals surface area contributed by atoms with Gasteiger partial charge in [0.25, 0.3) is 0 Å². The van der Waals surface area contributed by atoms with Crippen LogP contribution in [0.25, 0.3) is 6.08 Å². The molecule has 2 aliphatic rings. The number of fused-ring (bicyclic) bond motifs is 2. The molecule has 0 bridgehead atoms. The van der Waals surface area contributed by atoms with E-state index in [1.807, 2.05) is 18.2 Å². The zero-order valence-corrected chi connectivity index (χ0v) is 16.7. The van der Waals surface area contributed by atoms with Crippen molar-refractivity contribution in [2.45, 2.75) is 18.3 Å². The summed E-state index contributed by atoms with van der Waals surface area (Å²) in [5, 5.41) is 3.09. The maximum atomic E-state index is 13.0. The monoisotopic (exact) mass is 380 g/mol. The largest absolute Gasteiger partial charge is 0.378 e. The maximum absolute atomic E-state index is 13.0. The SMILES string of the molecule is CN(C)c1ccc(CC2=Cc3ccccc3C2C2C(=O)Nc3ccccc32)cc1. The molecule has 1 aliphatic carbocycles. The van der Waals surface area contributed by atoms with Crippen LogP contribution in [0.5, 0.6) is 0 Å². The van der Waals surface area contributed by atoms with Gasteiger partial charge in [0.15, 0.2) is 0 Å². The Morgan fingerprint density at radius 3 is 2.28 bits per heavy atom. The number of benzene rings is 3. The number of carbonyl (C=O) groups excluding carboxylic acids is 1. The summed E-state index contributed by atoms with van der Waals surface area (Å²) in [5.74, 6) is -0.00715. The first-order valence-electron chi connectivity index (χ1n) is 10.1. The molecule has 0 saturated heterocycles. The molecule has 144 valence electrons. The standard InChI is InChI=1S/C26H24N2O/c1-28(2)20-13-11-17(12-14-20)15-19-16-18-7-3-4-8-21(18)24(19)25-22-9-5-6-10-23(22)27-26(25)29/h3-14,16,24-25H,15H2,1-2H3,(H,27,29). The van der Waals surface area contributed by atoms with Gasteiger partial charge in [-0.25, -0.2) is 0 Å². The van der Waals surface area contributed by atoms with Gasteiger partial charge in [0.05, 0.1) is 5.92 Å². The fourth-order valence-corrected chi connectivity index (χ4v) is 4.68. The summed E-state index contributed by atoms with van der Waals surface area (Å²) in [7, 11) is 4.11. The van der Waals surface area contributed by atoms with Crippen LogP contribution in [0, 0.1) is 0 Å². The highest BCUT2D eigenvalue weighted by Gasteiger charge is 2.41. The lowest BCUT2D eigenvalue weighted by Gasteiger charge is -2.23. The van der Waals surface area contributed by atoms with E-state index in [1.165, 1.54) is 28.0 Å². The van der Waals surface area contributed by atoms with Crippen LogP contribution in [-0.2, 0) is 11.2 Å². The van der Waals surface area contributed by atoms with Gasteiger partial charge in [-0.3, -0.25) is 4.79 Å². The molecule has 3 aromatic carbocycles. The first-order valence-corrected chi connectivity index (χ1v) is 10.1. The van der Waals surface area contributed by atoms with Crippen molar-refractivity contribution in [3.63, 3.8) is 0 Å². The molecule has 2 atom stereocenters. The Balaban J connectivity index is 1.54. The third kappa shape index (κ3) is 3.03. The number of rotatable bonds is 4. The highest BCUT2D eigenvalue weighted by Crippen LogP contribution is 2.50. The lowest BCUT2D eigenvalue weighted by molar-refractivity contribution is -0.117. The summed E-state index contributed by atoms with van der Waals surface area (Å²) >= 11 is 0. The third-order valence-corrected chi connectivity index (χ3v) is 6.10. The van der Waals surface area contributed by atoms with E-state index in [4.69, 9.17) is 0 Å². The predicted octanol–water partition coefficient (Wildman–Crippen LogP) is 5.21. The zero-order valence-electron chi connectivity index (χ0n) is 16.7. The first kappa shape index (κ1) is 17.7. The number of nitrogens with one attached hydrogen (secondary N) is 1. The van der Waals surface area contributed by atoms with Crippen molar-refractivity contribution in [1.29, 1.82) is 0 Å². The van der Waals surface area contributed by atoms with E-state index in [9.17, 15) is 4.79 Å². The van der Waals surface area contributed by atoms with Crippen molar-refractivity contribution in [2.75, 3.05) is 24.3 Å². The summed E-state index contributed by atoms with van der Waals surface area (Å²) in [6, 6.07) is 25.3. The minimum atomic E-state index is -0.179. The number of hydrogen-bond acceptors (Lipinski definition) is 2. The third-order valence-electron chi connectivity index (χ3n) is 6.10. The normalized spacial score (nSPS) is 19.4. The predicted molar refractivity (Wildman–Crippen MR) is 119 cm³/mol. The van der Waals surface area contributed by atoms with Gasteiger partial charge in [0, 0.05) is 31.4 Å². The van der Waals surface area contributed by atoms with Crippen molar-refractivity contribution < 1.29 is 4.79 Å². The fourth-order valence-electron chi connectivity index (χ4n) is 4.68. The highest BCUT2D eigenvalue weighted by molar-refractivity contribution is 6.04. The van der Waals surface area contributed by atoms with Crippen molar-refractivity contribution in [2.24, 2.45) is 0 Å². The van der Waals surface area contributed by atoms with Gasteiger partial charge >= 0.3 is 0 Å². The van der Waals surface area contributed by atoms with Crippen molar-refractivity contribution in [1.82, 2.24) is 0 Å². The molecule has 1 heterocycles. The highest BCUT2D eigenvalue weighted by atomic mass is 16.2. The Kier molecular flexibility index (Phi) is 4.24. The molecule has 2 unspecified atom stereocenters. The van der Waals surface area contributed by atoms with Crippen LogP contribution >= 0.6 is 0 Å². The smallest absolute Gasteiger partial charge is 0.232 e. The quantitative estimate of drug-likeness (QED) is 0.674. The van der Waals surface area contributed by atoms with Gasteiger partial charge < -0.3 is 10.2 Å². The summed E-state index contributed by atoms with van der Waals surface area (Å²) in [5.41, 5.74) is 8.30. The zero-order chi connectivity index (χ0) is 20.0. The number of allylic oxidation sites excluding steroid dienone is 1. The molecule has 5 rings (SSSR count). The van der Waals surface area contributed by atoms with E-state index < -0.39 is 0 Å². The fraction of sp³-hybridized carbons (Fsp3) is 0.192. The molecule has 1 amide bonds. The Bertz CT molecular complexity index is 1110. The number of para-hydroxylation sites is 1. The number of nitrogens with zero attached hydrogens (tertiary/aromatic N) is 1. The van der Waals surface area contributed by atoms with Gasteiger partial charge in [-0.05, 0) is 46.9 Å². The van der Waals surface area contributed by atoms with E-state index in [0.29, 0.717) is 0 Å². The second kappa shape index (κ2) is 6.93. The Morgan fingerprint density at radius 1 is 0.828 bits per heavy atom. The van der Waals surface area contributed by atoms with E-state index in [0.717, 1.165) is 17.7 Å². The Morgan fingerprint density at radius 2 is 1.52 bits per heavy atom. The molecular weight excluding hydrogens is 356 g/mol. The average Bonchev–Trinajstić information content (AvgIpc) is 3.24. The summed E-state index contributed by atoms with van der Waals surface area (Å²) in [6.45, 7) is 0. The molecule has 3 heteroatoms. The molecule has 1 aliphatic heterocycles. The lowest BCUT2D eigenvalue weighted by atomic mass is 9.78. The average molecular weight is 380 g/mol. The molecule has 0 spiro atoms. The van der Waals surface area contributed by atoms with E-state index >= 15 is 0 Å². The molecular formula is C26H24N2O. The second-order valence-electron chi connectivity index (χ2n) is 8.12. The van der Waals surface area contributed by atoms with Crippen molar-refractivity contribution >= 4 is 23.4 Å². The van der Waals surface area contributed by atoms with Crippen molar-refractivity contribution in [3.05, 3.63) is 101 Å². The topological polar surface area (TPSA) is 32.3 Å². The van der Waals surface area contributed by atoms with Crippen LogP contribution < -0.4 is 10.2 Å². The van der Waals surface area contributed by atoms with Crippen LogP contribution in [0.15, 0.2) is 78.4 Å². The lowest BCUT2D eigenvalue weighted by Crippen LogP contribution is -2.20. The summed E-state index contributed by atoms with van der Waals surface area (Å²) in [4.78, 5) is 15.1. The van der Waals surface area contributed by atoms with Gasteiger partial charge in [-0.15, -0.1) is 0 Å². The molecule has 3 nitrogen and oxygen atoms in total. The van der Waals surface area contributed by atoms with Crippen LogP contribution in [0.4, 0.5) is 11.4 Å². The van der Waals surface area contributed by atoms with Crippen LogP contribution in [0.2, 0.25) is 0 Å². The Labute approximate surface area is 171 Å². The van der Waals surface area contributed by atoms with Crippen LogP contribution in [0.3, 0.4) is 0 Å². The Hall–Kier alpha value is -3.33. The molecule has 0 saturated carbocycles. The second-order valence-corrected chi connectivity index (χ2v) is 8.12. The molecule has 0 radical (unpaired) electrons. The van der Waals surface area contributed by atoms with E-state index in [1.54, 1.807) is 0 Å². The van der Waals surface area contributed by atoms with Gasteiger partial charge in [0.2, 0.25) is 5.91 Å². The summed E-state index contributed by atoms with van der Waals surface area (Å²) < 4.78 is 0. The summed E-state index contributed by atoms with van der Waals surface area (Å²) in [6.07, 6.45) is 3.13. The number of anilines is 2. The molecule has 0 fully saturated rings. The van der Waals surface area contributed by atoms with Gasteiger partial charge in [-0.2, -0.15) is 0 Å². The number of hydrogen-bond donors (Lipinski definition) is 1. The maximum Gasteiger partial charge on any atom is 0.232 e. The molecule has 29 heavy (non-hydrogen) atoms. The van der Waals surface area contributed by atoms with Crippen molar-refractivity contribution in [3.8, 4) is 0 Å². The van der Waals surface area contributed by atoms with E-state index in [-0.39, 0.29) is 17.7 Å². The minimum Gasteiger partial charge on any atom is -0.378 e. The number of carbonyl (C=O) groups is 1. The van der Waals surface area contributed by atoms with Crippen LogP contribution in [0.1, 0.15) is 34.1 Å². The van der Waals surface area contributed by atoms with E-state index in [2.05, 4.69) is 85.0 Å². The van der Waals surface area contributed by atoms with Crippen LogP contribution in [-0.4, -0.2) is 20.0 Å². The number of amides is 1.